The number of rotatable bonds is 12. The van der Waals surface area contributed by atoms with Gasteiger partial charge < -0.3 is 19.4 Å². The van der Waals surface area contributed by atoms with Crippen molar-refractivity contribution in [1.29, 1.82) is 0 Å². The first-order valence-corrected chi connectivity index (χ1v) is 12.2. The van der Waals surface area contributed by atoms with Crippen LogP contribution in [0.15, 0.2) is 72.8 Å². The van der Waals surface area contributed by atoms with E-state index in [0.29, 0.717) is 19.6 Å². The van der Waals surface area contributed by atoms with Gasteiger partial charge in [-0.05, 0) is 67.3 Å². The summed E-state index contributed by atoms with van der Waals surface area (Å²) in [6.45, 7) is 4.18. The Balaban J connectivity index is 1.28. The molecule has 0 saturated carbocycles. The predicted molar refractivity (Wildman–Crippen MR) is 139 cm³/mol. The Morgan fingerprint density at radius 1 is 0.971 bits per heavy atom. The van der Waals surface area contributed by atoms with E-state index in [1.165, 1.54) is 5.56 Å². The minimum atomic E-state index is 0.0250. The van der Waals surface area contributed by atoms with E-state index in [0.717, 1.165) is 59.7 Å². The quantitative estimate of drug-likeness (QED) is 0.292. The largest absolute Gasteiger partial charge is 0.497 e. The first kappa shape index (κ1) is 24.3. The van der Waals surface area contributed by atoms with Crippen molar-refractivity contribution in [3.05, 3.63) is 89.7 Å². The van der Waals surface area contributed by atoms with E-state index in [9.17, 15) is 4.79 Å². The van der Waals surface area contributed by atoms with Gasteiger partial charge in [0.2, 0.25) is 5.91 Å². The standard InChI is InChI=1S/C29H33N3O3/c1-22-8-5-9-25(20-22)35-19-7-18-32-27-11-4-3-10-26(27)31-28(32)12-6-17-30-29(33)21-23-13-15-24(34-2)16-14-23/h3-5,8-11,13-16,20H,6-7,12,17-19,21H2,1-2H3,(H,30,33). The lowest BCUT2D eigenvalue weighted by Gasteiger charge is -2.11. The molecule has 6 heteroatoms. The molecule has 0 fully saturated rings. The van der Waals surface area contributed by atoms with E-state index in [-0.39, 0.29) is 5.91 Å². The van der Waals surface area contributed by atoms with Crippen molar-refractivity contribution >= 4 is 16.9 Å². The molecule has 0 saturated heterocycles. The van der Waals surface area contributed by atoms with Crippen LogP contribution < -0.4 is 14.8 Å². The molecule has 4 aromatic rings. The number of para-hydroxylation sites is 2. The number of amides is 1. The monoisotopic (exact) mass is 471 g/mol. The summed E-state index contributed by atoms with van der Waals surface area (Å²) in [4.78, 5) is 17.2. The summed E-state index contributed by atoms with van der Waals surface area (Å²) in [5.41, 5.74) is 4.31. The Kier molecular flexibility index (Phi) is 8.39. The number of carbonyl (C=O) groups is 1. The van der Waals surface area contributed by atoms with Crippen LogP contribution >= 0.6 is 0 Å². The fourth-order valence-electron chi connectivity index (χ4n) is 4.15. The summed E-state index contributed by atoms with van der Waals surface area (Å²) in [6.07, 6.45) is 2.89. The number of aromatic nitrogens is 2. The molecule has 0 aliphatic heterocycles. The summed E-state index contributed by atoms with van der Waals surface area (Å²) in [5.74, 6) is 2.77. The van der Waals surface area contributed by atoms with Crippen LogP contribution in [-0.2, 0) is 24.2 Å². The second kappa shape index (κ2) is 12.1. The third-order valence-electron chi connectivity index (χ3n) is 5.94. The SMILES string of the molecule is COc1ccc(CC(=O)NCCCc2nc3ccccc3n2CCCOc2cccc(C)c2)cc1. The molecule has 182 valence electrons. The van der Waals surface area contributed by atoms with Gasteiger partial charge in [0.05, 0.1) is 31.2 Å². The molecule has 0 aliphatic carbocycles. The van der Waals surface area contributed by atoms with Crippen molar-refractivity contribution in [2.24, 2.45) is 0 Å². The second-order valence-electron chi connectivity index (χ2n) is 8.67. The highest BCUT2D eigenvalue weighted by molar-refractivity contribution is 5.78. The molecule has 0 atom stereocenters. The van der Waals surface area contributed by atoms with E-state index >= 15 is 0 Å². The Bertz CT molecular complexity index is 1250. The predicted octanol–water partition coefficient (Wildman–Crippen LogP) is 5.11. The lowest BCUT2D eigenvalue weighted by atomic mass is 10.1. The van der Waals surface area contributed by atoms with Crippen LogP contribution in [0.4, 0.5) is 0 Å². The van der Waals surface area contributed by atoms with Crippen molar-refractivity contribution < 1.29 is 14.3 Å². The molecule has 3 aromatic carbocycles. The van der Waals surface area contributed by atoms with Gasteiger partial charge in [0.1, 0.15) is 17.3 Å². The number of benzene rings is 3. The van der Waals surface area contributed by atoms with E-state index in [4.69, 9.17) is 14.5 Å². The van der Waals surface area contributed by atoms with Gasteiger partial charge in [-0.15, -0.1) is 0 Å². The molecule has 0 unspecified atom stereocenters. The number of hydrogen-bond donors (Lipinski definition) is 1. The normalized spacial score (nSPS) is 10.9. The third-order valence-corrected chi connectivity index (χ3v) is 5.94. The van der Waals surface area contributed by atoms with Crippen LogP contribution in [0.5, 0.6) is 11.5 Å². The molecular formula is C29H33N3O3. The minimum absolute atomic E-state index is 0.0250. The number of aryl methyl sites for hydroxylation is 3. The van der Waals surface area contributed by atoms with Gasteiger partial charge in [0, 0.05) is 19.5 Å². The van der Waals surface area contributed by atoms with E-state index in [1.807, 2.05) is 48.5 Å². The number of fused-ring (bicyclic) bond motifs is 1. The summed E-state index contributed by atoms with van der Waals surface area (Å²) in [7, 11) is 1.63. The van der Waals surface area contributed by atoms with E-state index in [2.05, 4.69) is 41.1 Å². The Morgan fingerprint density at radius 3 is 2.60 bits per heavy atom. The molecule has 0 aliphatic rings. The maximum Gasteiger partial charge on any atom is 0.224 e. The first-order chi connectivity index (χ1) is 17.1. The Hall–Kier alpha value is -3.80. The molecule has 0 radical (unpaired) electrons. The number of carbonyl (C=O) groups excluding carboxylic acids is 1. The maximum atomic E-state index is 12.3. The molecule has 4 rings (SSSR count). The number of hydrogen-bond acceptors (Lipinski definition) is 4. The van der Waals surface area contributed by atoms with Crippen molar-refractivity contribution in [3.8, 4) is 11.5 Å². The molecule has 1 amide bonds. The van der Waals surface area contributed by atoms with Gasteiger partial charge in [0.25, 0.3) is 0 Å². The lowest BCUT2D eigenvalue weighted by molar-refractivity contribution is -0.120. The summed E-state index contributed by atoms with van der Waals surface area (Å²) >= 11 is 0. The van der Waals surface area contributed by atoms with Crippen molar-refractivity contribution in [2.45, 2.75) is 39.2 Å². The number of nitrogens with one attached hydrogen (secondary N) is 1. The van der Waals surface area contributed by atoms with Crippen molar-refractivity contribution in [1.82, 2.24) is 14.9 Å². The maximum absolute atomic E-state index is 12.3. The van der Waals surface area contributed by atoms with Gasteiger partial charge in [-0.25, -0.2) is 4.98 Å². The van der Waals surface area contributed by atoms with Gasteiger partial charge in [0.15, 0.2) is 0 Å². The minimum Gasteiger partial charge on any atom is -0.497 e. The molecule has 1 aromatic heterocycles. The summed E-state index contributed by atoms with van der Waals surface area (Å²) in [5, 5.41) is 3.03. The molecule has 35 heavy (non-hydrogen) atoms. The Morgan fingerprint density at radius 2 is 1.80 bits per heavy atom. The average molecular weight is 472 g/mol. The topological polar surface area (TPSA) is 65.4 Å². The Labute approximate surface area is 206 Å². The van der Waals surface area contributed by atoms with Gasteiger partial charge in [-0.3, -0.25) is 4.79 Å². The molecule has 0 bridgehead atoms. The average Bonchev–Trinajstić information content (AvgIpc) is 3.22. The zero-order valence-corrected chi connectivity index (χ0v) is 20.5. The zero-order chi connectivity index (χ0) is 24.5. The van der Waals surface area contributed by atoms with Crippen LogP contribution in [0, 0.1) is 6.92 Å². The molecule has 1 N–H and O–H groups in total. The molecule has 1 heterocycles. The van der Waals surface area contributed by atoms with E-state index < -0.39 is 0 Å². The molecule has 0 spiro atoms. The van der Waals surface area contributed by atoms with Crippen molar-refractivity contribution in [3.63, 3.8) is 0 Å². The number of methoxy groups -OCH3 is 1. The fourth-order valence-corrected chi connectivity index (χ4v) is 4.15. The third kappa shape index (κ3) is 6.85. The van der Waals surface area contributed by atoms with Gasteiger partial charge in [-0.2, -0.15) is 0 Å². The molecule has 6 nitrogen and oxygen atoms in total. The zero-order valence-electron chi connectivity index (χ0n) is 20.5. The smallest absolute Gasteiger partial charge is 0.224 e. The first-order valence-electron chi connectivity index (χ1n) is 12.2. The number of imidazole rings is 1. The van der Waals surface area contributed by atoms with Gasteiger partial charge in [-0.1, -0.05) is 36.4 Å². The van der Waals surface area contributed by atoms with Crippen molar-refractivity contribution in [2.75, 3.05) is 20.3 Å². The fraction of sp³-hybridized carbons (Fsp3) is 0.310. The second-order valence-corrected chi connectivity index (χ2v) is 8.67. The van der Waals surface area contributed by atoms with Crippen LogP contribution in [0.2, 0.25) is 0 Å². The summed E-state index contributed by atoms with van der Waals surface area (Å²) in [6, 6.07) is 24.0. The van der Waals surface area contributed by atoms with E-state index in [1.54, 1.807) is 7.11 Å². The highest BCUT2D eigenvalue weighted by Gasteiger charge is 2.11. The highest BCUT2D eigenvalue weighted by Crippen LogP contribution is 2.18. The van der Waals surface area contributed by atoms with Crippen LogP contribution in [-0.4, -0.2) is 35.7 Å². The van der Waals surface area contributed by atoms with Gasteiger partial charge >= 0.3 is 0 Å². The van der Waals surface area contributed by atoms with Crippen LogP contribution in [0.1, 0.15) is 29.8 Å². The highest BCUT2D eigenvalue weighted by atomic mass is 16.5. The van der Waals surface area contributed by atoms with Crippen LogP contribution in [0.3, 0.4) is 0 Å². The number of nitrogens with zero attached hydrogens (tertiary/aromatic N) is 2. The molecular weight excluding hydrogens is 438 g/mol. The lowest BCUT2D eigenvalue weighted by Crippen LogP contribution is -2.26. The number of ether oxygens (including phenoxy) is 2. The summed E-state index contributed by atoms with van der Waals surface area (Å²) < 4.78 is 13.4. The van der Waals surface area contributed by atoms with Crippen LogP contribution in [0.25, 0.3) is 11.0 Å².